The fourth-order valence-corrected chi connectivity index (χ4v) is 3.76. The zero-order valence-corrected chi connectivity index (χ0v) is 14.1. The van der Waals surface area contributed by atoms with E-state index in [4.69, 9.17) is 4.42 Å². The number of para-hydroxylation sites is 2. The van der Waals surface area contributed by atoms with E-state index in [0.717, 1.165) is 21.2 Å². The summed E-state index contributed by atoms with van der Waals surface area (Å²) in [6.45, 7) is 0.185. The second-order valence-electron chi connectivity index (χ2n) is 5.43. The molecular formula is C19H15N3O2S. The van der Waals surface area contributed by atoms with Gasteiger partial charge in [-0.15, -0.1) is 0 Å². The highest BCUT2D eigenvalue weighted by Gasteiger charge is 2.24. The Morgan fingerprint density at radius 3 is 2.36 bits per heavy atom. The minimum Gasteiger partial charge on any atom is -0.463 e. The smallest absolute Gasteiger partial charge is 0.260 e. The molecule has 0 aliphatic carbocycles. The molecule has 4 rings (SSSR count). The summed E-state index contributed by atoms with van der Waals surface area (Å²) in [5, 5.41) is 3.94. The lowest BCUT2D eigenvalue weighted by Gasteiger charge is -2.31. The maximum Gasteiger partial charge on any atom is 0.260 e. The SMILES string of the molecule is O=C(CN1c2ccccc2Sc2ccccc21)N/N=C/c1ccco1. The number of nitrogens with zero attached hydrogens (tertiary/aromatic N) is 2. The molecule has 1 aliphatic heterocycles. The first kappa shape index (κ1) is 15.5. The van der Waals surface area contributed by atoms with E-state index in [-0.39, 0.29) is 12.5 Å². The lowest BCUT2D eigenvalue weighted by Crippen LogP contribution is -2.33. The molecule has 0 radical (unpaired) electrons. The Hall–Kier alpha value is -2.99. The van der Waals surface area contributed by atoms with Gasteiger partial charge in [-0.05, 0) is 36.4 Å². The van der Waals surface area contributed by atoms with Crippen molar-refractivity contribution in [2.75, 3.05) is 11.4 Å². The minimum absolute atomic E-state index is 0.185. The molecule has 0 spiro atoms. The van der Waals surface area contributed by atoms with Gasteiger partial charge in [0.25, 0.3) is 5.91 Å². The number of nitrogens with one attached hydrogen (secondary N) is 1. The van der Waals surface area contributed by atoms with Crippen molar-refractivity contribution in [2.45, 2.75) is 9.79 Å². The van der Waals surface area contributed by atoms with Crippen molar-refractivity contribution >= 4 is 35.3 Å². The van der Waals surface area contributed by atoms with Crippen LogP contribution in [0.5, 0.6) is 0 Å². The largest absolute Gasteiger partial charge is 0.463 e. The van der Waals surface area contributed by atoms with Crippen LogP contribution < -0.4 is 10.3 Å². The standard InChI is InChI=1S/C19H15N3O2S/c23-19(21-20-12-14-6-5-11-24-14)13-22-15-7-1-3-9-17(15)25-18-10-4-2-8-16(18)22/h1-12H,13H2,(H,21,23)/b20-12+. The van der Waals surface area contributed by atoms with Crippen LogP contribution in [0.1, 0.15) is 5.76 Å². The molecule has 124 valence electrons. The molecule has 0 saturated heterocycles. The zero-order chi connectivity index (χ0) is 17.1. The van der Waals surface area contributed by atoms with Crippen LogP contribution in [0.25, 0.3) is 0 Å². The Balaban J connectivity index is 1.54. The molecule has 1 aliphatic rings. The lowest BCUT2D eigenvalue weighted by atomic mass is 10.2. The van der Waals surface area contributed by atoms with E-state index in [0.29, 0.717) is 5.76 Å². The average Bonchev–Trinajstić information content (AvgIpc) is 3.15. The van der Waals surface area contributed by atoms with Gasteiger partial charge < -0.3 is 9.32 Å². The number of hydrogen-bond donors (Lipinski definition) is 1. The van der Waals surface area contributed by atoms with Gasteiger partial charge >= 0.3 is 0 Å². The topological polar surface area (TPSA) is 57.8 Å². The van der Waals surface area contributed by atoms with Gasteiger partial charge in [0.2, 0.25) is 0 Å². The number of anilines is 2. The molecule has 2 heterocycles. The third kappa shape index (κ3) is 3.29. The van der Waals surface area contributed by atoms with Crippen LogP contribution in [0.2, 0.25) is 0 Å². The predicted molar refractivity (Wildman–Crippen MR) is 98.5 cm³/mol. The number of fused-ring (bicyclic) bond motifs is 2. The molecule has 6 heteroatoms. The Kier molecular flexibility index (Phi) is 4.26. The third-order valence-corrected chi connectivity index (χ3v) is 4.89. The number of amides is 1. The molecule has 1 amide bonds. The monoisotopic (exact) mass is 349 g/mol. The van der Waals surface area contributed by atoms with Gasteiger partial charge in [-0.25, -0.2) is 5.43 Å². The summed E-state index contributed by atoms with van der Waals surface area (Å²) < 4.78 is 5.14. The second kappa shape index (κ2) is 6.86. The van der Waals surface area contributed by atoms with E-state index in [2.05, 4.69) is 22.7 Å². The van der Waals surface area contributed by atoms with E-state index < -0.39 is 0 Å². The van der Waals surface area contributed by atoms with E-state index in [9.17, 15) is 4.79 Å². The first-order valence-corrected chi connectivity index (χ1v) is 8.62. The summed E-state index contributed by atoms with van der Waals surface area (Å²) in [7, 11) is 0. The quantitative estimate of drug-likeness (QED) is 0.571. The Labute approximate surface area is 149 Å². The van der Waals surface area contributed by atoms with Crippen LogP contribution in [0, 0.1) is 0 Å². The number of benzene rings is 2. The number of furan rings is 1. The number of hydrogen-bond acceptors (Lipinski definition) is 5. The molecule has 0 unspecified atom stereocenters. The summed E-state index contributed by atoms with van der Waals surface area (Å²) in [4.78, 5) is 16.6. The minimum atomic E-state index is -0.195. The van der Waals surface area contributed by atoms with E-state index in [1.165, 1.54) is 6.21 Å². The summed E-state index contributed by atoms with van der Waals surface area (Å²) in [5.41, 5.74) is 4.60. The number of hydrazone groups is 1. The highest BCUT2D eigenvalue weighted by molar-refractivity contribution is 7.99. The summed E-state index contributed by atoms with van der Waals surface area (Å²) in [6.07, 6.45) is 3.04. The van der Waals surface area contributed by atoms with Gasteiger partial charge in [-0.1, -0.05) is 36.0 Å². The van der Waals surface area contributed by atoms with Crippen LogP contribution in [0.3, 0.4) is 0 Å². The first-order valence-electron chi connectivity index (χ1n) is 7.80. The van der Waals surface area contributed by atoms with Crippen molar-refractivity contribution in [3.63, 3.8) is 0 Å². The van der Waals surface area contributed by atoms with Crippen molar-refractivity contribution in [3.8, 4) is 0 Å². The van der Waals surface area contributed by atoms with Crippen LogP contribution in [0.15, 0.2) is 86.2 Å². The van der Waals surface area contributed by atoms with Crippen LogP contribution in [0.4, 0.5) is 11.4 Å². The second-order valence-corrected chi connectivity index (χ2v) is 6.52. The van der Waals surface area contributed by atoms with Gasteiger partial charge in [-0.2, -0.15) is 5.10 Å². The number of carbonyl (C=O) groups is 1. The summed E-state index contributed by atoms with van der Waals surface area (Å²) >= 11 is 1.71. The predicted octanol–water partition coefficient (Wildman–Crippen LogP) is 4.03. The van der Waals surface area contributed by atoms with Crippen LogP contribution in [-0.2, 0) is 4.79 Å². The molecule has 3 aromatic rings. The molecule has 1 aromatic heterocycles. The lowest BCUT2D eigenvalue weighted by molar-refractivity contribution is -0.119. The van der Waals surface area contributed by atoms with Gasteiger partial charge in [-0.3, -0.25) is 4.79 Å². The molecular weight excluding hydrogens is 334 g/mol. The van der Waals surface area contributed by atoms with Gasteiger partial charge in [0.1, 0.15) is 12.3 Å². The van der Waals surface area contributed by atoms with Crippen molar-refractivity contribution in [3.05, 3.63) is 72.7 Å². The Morgan fingerprint density at radius 1 is 1.04 bits per heavy atom. The molecule has 0 atom stereocenters. The van der Waals surface area contributed by atoms with Crippen molar-refractivity contribution in [2.24, 2.45) is 5.10 Å². The number of carbonyl (C=O) groups excluding carboxylic acids is 1. The van der Waals surface area contributed by atoms with Crippen LogP contribution >= 0.6 is 11.8 Å². The maximum absolute atomic E-state index is 12.4. The summed E-state index contributed by atoms with van der Waals surface area (Å²) in [5.74, 6) is 0.393. The van der Waals surface area contributed by atoms with Gasteiger partial charge in [0.15, 0.2) is 0 Å². The van der Waals surface area contributed by atoms with E-state index in [1.54, 1.807) is 30.2 Å². The molecule has 0 fully saturated rings. The molecule has 2 aromatic carbocycles. The Bertz CT molecular complexity index is 876. The van der Waals surface area contributed by atoms with Crippen LogP contribution in [-0.4, -0.2) is 18.7 Å². The molecule has 1 N–H and O–H groups in total. The van der Waals surface area contributed by atoms with E-state index >= 15 is 0 Å². The average molecular weight is 349 g/mol. The van der Waals surface area contributed by atoms with Crippen molar-refractivity contribution in [1.29, 1.82) is 0 Å². The fourth-order valence-electron chi connectivity index (χ4n) is 2.66. The summed E-state index contributed by atoms with van der Waals surface area (Å²) in [6, 6.07) is 19.7. The van der Waals surface area contributed by atoms with Gasteiger partial charge in [0, 0.05) is 9.79 Å². The highest BCUT2D eigenvalue weighted by atomic mass is 32.2. The van der Waals surface area contributed by atoms with Crippen molar-refractivity contribution in [1.82, 2.24) is 5.43 Å². The Morgan fingerprint density at radius 2 is 1.72 bits per heavy atom. The number of rotatable bonds is 4. The molecule has 5 nitrogen and oxygen atoms in total. The third-order valence-electron chi connectivity index (χ3n) is 3.76. The molecule has 0 saturated carbocycles. The first-order chi connectivity index (χ1) is 12.3. The molecule has 25 heavy (non-hydrogen) atoms. The maximum atomic E-state index is 12.4. The molecule has 0 bridgehead atoms. The van der Waals surface area contributed by atoms with E-state index in [1.807, 2.05) is 41.3 Å². The van der Waals surface area contributed by atoms with Crippen molar-refractivity contribution < 1.29 is 9.21 Å². The van der Waals surface area contributed by atoms with Gasteiger partial charge in [0.05, 0.1) is 23.9 Å². The fraction of sp³-hybridized carbons (Fsp3) is 0.0526. The normalized spacial score (nSPS) is 12.7. The zero-order valence-electron chi connectivity index (χ0n) is 13.3. The highest BCUT2D eigenvalue weighted by Crippen LogP contribution is 2.47.